The molecule has 3 nitrogen and oxygen atoms in total. The minimum Gasteiger partial charge on any atom is -0.383 e. The second-order valence-electron chi connectivity index (χ2n) is 4.77. The summed E-state index contributed by atoms with van der Waals surface area (Å²) in [6, 6.07) is 0.444. The lowest BCUT2D eigenvalue weighted by atomic mass is 9.96. The average Bonchev–Trinajstić information content (AvgIpc) is 2.14. The predicted molar refractivity (Wildman–Crippen MR) is 66.1 cm³/mol. The Balaban J connectivity index is 4.18. The molecule has 92 valence electrons. The van der Waals surface area contributed by atoms with Gasteiger partial charge in [-0.15, -0.1) is 0 Å². The molecule has 0 heterocycles. The molecule has 2 unspecified atom stereocenters. The summed E-state index contributed by atoms with van der Waals surface area (Å²) in [6.07, 6.45) is 2.21. The topological polar surface area (TPSA) is 38.5 Å². The zero-order valence-corrected chi connectivity index (χ0v) is 11.0. The van der Waals surface area contributed by atoms with Crippen molar-refractivity contribution in [1.82, 2.24) is 4.90 Å². The van der Waals surface area contributed by atoms with Gasteiger partial charge in [0.15, 0.2) is 0 Å². The van der Waals surface area contributed by atoms with Gasteiger partial charge in [0.1, 0.15) is 0 Å². The Hall–Kier alpha value is -0.120. The summed E-state index contributed by atoms with van der Waals surface area (Å²) in [5, 5.41) is 0. The third-order valence-corrected chi connectivity index (χ3v) is 2.82. The molecule has 0 bridgehead atoms. The maximum Gasteiger partial charge on any atom is 0.0615 e. The number of ether oxygens (including phenoxy) is 1. The van der Waals surface area contributed by atoms with Gasteiger partial charge in [0, 0.05) is 25.2 Å². The highest BCUT2D eigenvalue weighted by Crippen LogP contribution is 2.12. The van der Waals surface area contributed by atoms with Gasteiger partial charge in [-0.1, -0.05) is 20.3 Å². The van der Waals surface area contributed by atoms with Crippen molar-refractivity contribution >= 4 is 0 Å². The average molecular weight is 216 g/mol. The Morgan fingerprint density at radius 1 is 1.40 bits per heavy atom. The minimum atomic E-state index is -0.0766. The van der Waals surface area contributed by atoms with Gasteiger partial charge in [-0.05, 0) is 26.8 Å². The van der Waals surface area contributed by atoms with Crippen LogP contribution in [0.15, 0.2) is 0 Å². The second-order valence-corrected chi connectivity index (χ2v) is 4.77. The highest BCUT2D eigenvalue weighted by molar-refractivity contribution is 4.83. The smallest absolute Gasteiger partial charge is 0.0615 e. The highest BCUT2D eigenvalue weighted by Gasteiger charge is 2.23. The molecule has 0 aliphatic heterocycles. The molecular weight excluding hydrogens is 188 g/mol. The molecule has 0 spiro atoms. The Kier molecular flexibility index (Phi) is 7.14. The largest absolute Gasteiger partial charge is 0.383 e. The fraction of sp³-hybridized carbons (Fsp3) is 1.00. The number of hydrogen-bond acceptors (Lipinski definition) is 3. The van der Waals surface area contributed by atoms with Gasteiger partial charge in [0.25, 0.3) is 0 Å². The molecule has 0 aromatic rings. The lowest BCUT2D eigenvalue weighted by Gasteiger charge is -2.35. The van der Waals surface area contributed by atoms with Crippen molar-refractivity contribution in [2.45, 2.75) is 52.1 Å². The van der Waals surface area contributed by atoms with E-state index in [0.717, 1.165) is 32.5 Å². The Bertz CT molecular complexity index is 160. The lowest BCUT2D eigenvalue weighted by molar-refractivity contribution is 0.0869. The Labute approximate surface area is 95.0 Å². The summed E-state index contributed by atoms with van der Waals surface area (Å²) in [6.45, 7) is 11.4. The molecule has 15 heavy (non-hydrogen) atoms. The van der Waals surface area contributed by atoms with E-state index in [9.17, 15) is 0 Å². The van der Waals surface area contributed by atoms with Gasteiger partial charge in [0.05, 0.1) is 6.61 Å². The summed E-state index contributed by atoms with van der Waals surface area (Å²) in [7, 11) is 1.75. The van der Waals surface area contributed by atoms with Crippen LogP contribution < -0.4 is 5.73 Å². The minimum absolute atomic E-state index is 0.0766. The van der Waals surface area contributed by atoms with E-state index in [1.807, 2.05) is 0 Å². The van der Waals surface area contributed by atoms with Gasteiger partial charge < -0.3 is 10.5 Å². The van der Waals surface area contributed by atoms with Crippen molar-refractivity contribution in [2.75, 3.05) is 26.8 Å². The first kappa shape index (κ1) is 14.9. The molecular formula is C12H28N2O. The van der Waals surface area contributed by atoms with E-state index < -0.39 is 0 Å². The fourth-order valence-electron chi connectivity index (χ4n) is 2.04. The van der Waals surface area contributed by atoms with E-state index in [0.29, 0.717) is 6.04 Å². The molecule has 3 heteroatoms. The molecule has 0 aromatic heterocycles. The maximum absolute atomic E-state index is 6.26. The van der Waals surface area contributed by atoms with Crippen molar-refractivity contribution in [3.8, 4) is 0 Å². The van der Waals surface area contributed by atoms with Gasteiger partial charge in [-0.3, -0.25) is 4.90 Å². The zero-order chi connectivity index (χ0) is 11.9. The number of nitrogens with two attached hydrogens (primary N) is 1. The molecule has 0 aliphatic rings. The molecule has 0 saturated heterocycles. The van der Waals surface area contributed by atoms with Gasteiger partial charge >= 0.3 is 0 Å². The van der Waals surface area contributed by atoms with E-state index >= 15 is 0 Å². The number of methoxy groups -OCH3 is 1. The Morgan fingerprint density at radius 3 is 2.40 bits per heavy atom. The van der Waals surface area contributed by atoms with Crippen LogP contribution in [-0.2, 0) is 4.74 Å². The van der Waals surface area contributed by atoms with Crippen LogP contribution in [0.1, 0.15) is 40.5 Å². The van der Waals surface area contributed by atoms with Crippen LogP contribution in [0.3, 0.4) is 0 Å². The summed E-state index contributed by atoms with van der Waals surface area (Å²) >= 11 is 0. The van der Waals surface area contributed by atoms with Crippen LogP contribution in [0.25, 0.3) is 0 Å². The summed E-state index contributed by atoms with van der Waals surface area (Å²) in [5.74, 6) is 0. The molecule has 0 saturated carbocycles. The summed E-state index contributed by atoms with van der Waals surface area (Å²) in [5.41, 5.74) is 6.18. The molecule has 0 rings (SSSR count). The molecule has 0 aliphatic carbocycles. The van der Waals surface area contributed by atoms with Crippen molar-refractivity contribution in [2.24, 2.45) is 5.73 Å². The number of likely N-dealkylation sites (N-methyl/N-ethyl adjacent to an activating group) is 1. The molecule has 0 amide bonds. The fourth-order valence-corrected chi connectivity index (χ4v) is 2.04. The Morgan fingerprint density at radius 2 is 2.00 bits per heavy atom. The van der Waals surface area contributed by atoms with Crippen LogP contribution in [0.4, 0.5) is 0 Å². The first-order chi connectivity index (χ1) is 6.96. The van der Waals surface area contributed by atoms with Crippen LogP contribution >= 0.6 is 0 Å². The number of rotatable bonds is 8. The van der Waals surface area contributed by atoms with Crippen LogP contribution in [0.5, 0.6) is 0 Å². The first-order valence-electron chi connectivity index (χ1n) is 5.98. The monoisotopic (exact) mass is 216 g/mol. The SMILES string of the molecule is CCCC(C)(N)CN(CC)C(C)COC. The second kappa shape index (κ2) is 7.20. The third kappa shape index (κ3) is 6.13. The molecule has 0 radical (unpaired) electrons. The standard InChI is InChI=1S/C12H28N2O/c1-6-8-12(4,13)10-14(7-2)11(3)9-15-5/h11H,6-10,13H2,1-5H3. The van der Waals surface area contributed by atoms with E-state index in [1.165, 1.54) is 0 Å². The number of nitrogens with zero attached hydrogens (tertiary/aromatic N) is 1. The molecule has 0 fully saturated rings. The van der Waals surface area contributed by atoms with Crippen molar-refractivity contribution in [3.05, 3.63) is 0 Å². The van der Waals surface area contributed by atoms with Crippen molar-refractivity contribution in [3.63, 3.8) is 0 Å². The molecule has 2 atom stereocenters. The molecule has 0 aromatic carbocycles. The highest BCUT2D eigenvalue weighted by atomic mass is 16.5. The van der Waals surface area contributed by atoms with Gasteiger partial charge in [0.2, 0.25) is 0 Å². The van der Waals surface area contributed by atoms with Gasteiger partial charge in [-0.25, -0.2) is 0 Å². The summed E-state index contributed by atoms with van der Waals surface area (Å²) < 4.78 is 5.18. The molecule has 2 N–H and O–H groups in total. The van der Waals surface area contributed by atoms with Gasteiger partial charge in [-0.2, -0.15) is 0 Å². The van der Waals surface area contributed by atoms with Crippen molar-refractivity contribution < 1.29 is 4.74 Å². The maximum atomic E-state index is 6.26. The number of hydrogen-bond donors (Lipinski definition) is 1. The van der Waals surface area contributed by atoms with Crippen LogP contribution in [0.2, 0.25) is 0 Å². The quantitative estimate of drug-likeness (QED) is 0.673. The lowest BCUT2D eigenvalue weighted by Crippen LogP contribution is -2.51. The normalized spacial score (nSPS) is 17.8. The third-order valence-electron chi connectivity index (χ3n) is 2.82. The van der Waals surface area contributed by atoms with Crippen LogP contribution in [0, 0.1) is 0 Å². The first-order valence-corrected chi connectivity index (χ1v) is 5.98. The van der Waals surface area contributed by atoms with E-state index in [1.54, 1.807) is 7.11 Å². The zero-order valence-electron chi connectivity index (χ0n) is 11.0. The van der Waals surface area contributed by atoms with E-state index in [2.05, 4.69) is 32.6 Å². The summed E-state index contributed by atoms with van der Waals surface area (Å²) in [4.78, 5) is 2.39. The predicted octanol–water partition coefficient (Wildman–Crippen LogP) is 1.86. The van der Waals surface area contributed by atoms with Crippen molar-refractivity contribution in [1.29, 1.82) is 0 Å². The van der Waals surface area contributed by atoms with E-state index in [4.69, 9.17) is 10.5 Å². The van der Waals surface area contributed by atoms with Crippen LogP contribution in [-0.4, -0.2) is 43.3 Å². The van der Waals surface area contributed by atoms with E-state index in [-0.39, 0.29) is 5.54 Å².